The van der Waals surface area contributed by atoms with Gasteiger partial charge in [-0.3, -0.25) is 14.4 Å². The molecule has 5 heteroatoms. The van der Waals surface area contributed by atoms with Crippen LogP contribution in [0.5, 0.6) is 0 Å². The van der Waals surface area contributed by atoms with E-state index in [0.717, 1.165) is 19.3 Å². The molecule has 0 amide bonds. The van der Waals surface area contributed by atoms with Gasteiger partial charge < -0.3 is 9.47 Å². The van der Waals surface area contributed by atoms with Gasteiger partial charge in [-0.05, 0) is 25.7 Å². The number of esters is 2. The molecule has 0 unspecified atom stereocenters. The van der Waals surface area contributed by atoms with Crippen LogP contribution < -0.4 is 0 Å². The van der Waals surface area contributed by atoms with Crippen LogP contribution >= 0.6 is 0 Å². The number of rotatable bonds is 6. The second kappa shape index (κ2) is 7.92. The zero-order valence-electron chi connectivity index (χ0n) is 11.6. The topological polar surface area (TPSA) is 69.7 Å². The van der Waals surface area contributed by atoms with Gasteiger partial charge in [0.15, 0.2) is 0 Å². The molecule has 0 heterocycles. The lowest BCUT2D eigenvalue weighted by atomic mass is 9.76. The highest BCUT2D eigenvalue weighted by molar-refractivity contribution is 5.85. The lowest BCUT2D eigenvalue weighted by molar-refractivity contribution is -0.141. The zero-order chi connectivity index (χ0) is 14.3. The van der Waals surface area contributed by atoms with E-state index in [2.05, 4.69) is 9.47 Å². The molecule has 108 valence electrons. The first-order valence-electron chi connectivity index (χ1n) is 6.75. The van der Waals surface area contributed by atoms with E-state index in [9.17, 15) is 14.4 Å². The molecule has 0 aromatic heterocycles. The van der Waals surface area contributed by atoms with E-state index in [4.69, 9.17) is 0 Å². The van der Waals surface area contributed by atoms with Crippen LogP contribution in [0.2, 0.25) is 0 Å². The molecule has 0 saturated heterocycles. The highest BCUT2D eigenvalue weighted by Crippen LogP contribution is 2.31. The van der Waals surface area contributed by atoms with E-state index in [0.29, 0.717) is 12.8 Å². The third-order valence-corrected chi connectivity index (χ3v) is 3.76. The quantitative estimate of drug-likeness (QED) is 0.689. The van der Waals surface area contributed by atoms with Gasteiger partial charge in [0.25, 0.3) is 0 Å². The largest absolute Gasteiger partial charge is 0.469 e. The molecule has 0 spiro atoms. The summed E-state index contributed by atoms with van der Waals surface area (Å²) >= 11 is 0. The molecule has 2 atom stereocenters. The summed E-state index contributed by atoms with van der Waals surface area (Å²) in [6.45, 7) is 0. The maximum Gasteiger partial charge on any atom is 0.305 e. The fourth-order valence-corrected chi connectivity index (χ4v) is 2.59. The Kier molecular flexibility index (Phi) is 6.53. The van der Waals surface area contributed by atoms with Crippen LogP contribution in [0, 0.1) is 11.8 Å². The highest BCUT2D eigenvalue weighted by Gasteiger charge is 2.31. The molecule has 1 saturated carbocycles. The Balaban J connectivity index is 2.41. The van der Waals surface area contributed by atoms with Crippen molar-refractivity contribution in [3.05, 3.63) is 0 Å². The number of hydrogen-bond acceptors (Lipinski definition) is 5. The number of carbonyl (C=O) groups excluding carboxylic acids is 3. The Morgan fingerprint density at radius 2 is 1.42 bits per heavy atom. The fraction of sp³-hybridized carbons (Fsp3) is 0.786. The van der Waals surface area contributed by atoms with E-state index in [1.54, 1.807) is 0 Å². The van der Waals surface area contributed by atoms with Crippen molar-refractivity contribution in [2.75, 3.05) is 14.2 Å². The summed E-state index contributed by atoms with van der Waals surface area (Å²) in [7, 11) is 2.70. The molecule has 1 aliphatic rings. The maximum atomic E-state index is 12.2. The molecular formula is C14H22O5. The van der Waals surface area contributed by atoms with Crippen LogP contribution in [0.4, 0.5) is 0 Å². The molecule has 0 aromatic rings. The van der Waals surface area contributed by atoms with Gasteiger partial charge in [-0.2, -0.15) is 0 Å². The van der Waals surface area contributed by atoms with Crippen LogP contribution in [-0.2, 0) is 23.9 Å². The van der Waals surface area contributed by atoms with Gasteiger partial charge in [0.05, 0.1) is 14.2 Å². The van der Waals surface area contributed by atoms with Crippen LogP contribution in [0.1, 0.15) is 44.9 Å². The standard InChI is InChI=1S/C14H22O5/c1-18-12(15)8-6-10-4-3-5-11(14(10)17)7-9-13(16)19-2/h10-11H,3-9H2,1-2H3/t10-,11+. The molecule has 0 N–H and O–H groups in total. The van der Waals surface area contributed by atoms with Gasteiger partial charge in [0.2, 0.25) is 0 Å². The zero-order valence-corrected chi connectivity index (χ0v) is 11.6. The van der Waals surface area contributed by atoms with Crippen molar-refractivity contribution >= 4 is 17.7 Å². The first-order valence-corrected chi connectivity index (χ1v) is 6.75. The second-order valence-electron chi connectivity index (χ2n) is 4.96. The number of Topliss-reactive ketones (excluding diaryl/α,β-unsaturated/α-hetero) is 1. The van der Waals surface area contributed by atoms with Crippen molar-refractivity contribution in [2.45, 2.75) is 44.9 Å². The molecule has 19 heavy (non-hydrogen) atoms. The summed E-state index contributed by atoms with van der Waals surface area (Å²) in [5.74, 6) is -0.473. The number of carbonyl (C=O) groups is 3. The van der Waals surface area contributed by atoms with E-state index >= 15 is 0 Å². The Hall–Kier alpha value is -1.39. The number of methoxy groups -OCH3 is 2. The number of hydrogen-bond donors (Lipinski definition) is 0. The Morgan fingerprint density at radius 3 is 1.79 bits per heavy atom. The van der Waals surface area contributed by atoms with E-state index in [1.807, 2.05) is 0 Å². The Bertz CT molecular complexity index is 307. The number of ether oxygens (including phenoxy) is 2. The summed E-state index contributed by atoms with van der Waals surface area (Å²) in [6, 6.07) is 0. The van der Waals surface area contributed by atoms with Crippen molar-refractivity contribution in [2.24, 2.45) is 11.8 Å². The van der Waals surface area contributed by atoms with Crippen LogP contribution in [0.3, 0.4) is 0 Å². The minimum Gasteiger partial charge on any atom is -0.469 e. The molecule has 0 radical (unpaired) electrons. The molecule has 0 bridgehead atoms. The lowest BCUT2D eigenvalue weighted by Gasteiger charge is -2.27. The summed E-state index contributed by atoms with van der Waals surface area (Å²) in [6.07, 6.45) is 4.34. The van der Waals surface area contributed by atoms with Crippen LogP contribution in [-0.4, -0.2) is 31.9 Å². The van der Waals surface area contributed by atoms with Crippen LogP contribution in [0.25, 0.3) is 0 Å². The summed E-state index contributed by atoms with van der Waals surface area (Å²) in [5.41, 5.74) is 0. The molecule has 0 aromatic carbocycles. The van der Waals surface area contributed by atoms with Gasteiger partial charge in [-0.15, -0.1) is 0 Å². The molecule has 1 aliphatic carbocycles. The van der Waals surface area contributed by atoms with Gasteiger partial charge in [0.1, 0.15) is 5.78 Å². The first-order chi connectivity index (χ1) is 9.08. The molecule has 1 rings (SSSR count). The van der Waals surface area contributed by atoms with E-state index in [1.165, 1.54) is 14.2 Å². The minimum absolute atomic E-state index is 0.0597. The second-order valence-corrected chi connectivity index (χ2v) is 4.96. The average Bonchev–Trinajstić information content (AvgIpc) is 2.44. The average molecular weight is 270 g/mol. The van der Waals surface area contributed by atoms with Gasteiger partial charge in [-0.1, -0.05) is 6.42 Å². The fourth-order valence-electron chi connectivity index (χ4n) is 2.59. The van der Waals surface area contributed by atoms with Crippen molar-refractivity contribution in [3.63, 3.8) is 0 Å². The van der Waals surface area contributed by atoms with Crippen molar-refractivity contribution in [1.29, 1.82) is 0 Å². The van der Waals surface area contributed by atoms with Gasteiger partial charge in [0, 0.05) is 24.7 Å². The predicted octanol–water partition coefficient (Wildman–Crippen LogP) is 1.88. The molecule has 5 nitrogen and oxygen atoms in total. The Morgan fingerprint density at radius 1 is 1.00 bits per heavy atom. The SMILES string of the molecule is COC(=O)CC[C@H]1CCC[C@@H](CCC(=O)OC)C1=O. The van der Waals surface area contributed by atoms with Crippen molar-refractivity contribution < 1.29 is 23.9 Å². The summed E-state index contributed by atoms with van der Waals surface area (Å²) in [4.78, 5) is 34.4. The van der Waals surface area contributed by atoms with Gasteiger partial charge in [-0.25, -0.2) is 0 Å². The maximum absolute atomic E-state index is 12.2. The predicted molar refractivity (Wildman–Crippen MR) is 68.3 cm³/mol. The lowest BCUT2D eigenvalue weighted by Crippen LogP contribution is -2.29. The van der Waals surface area contributed by atoms with Crippen LogP contribution in [0.15, 0.2) is 0 Å². The molecule has 1 fully saturated rings. The molecule has 0 aliphatic heterocycles. The number of ketones is 1. The normalized spacial score (nSPS) is 22.9. The third kappa shape index (κ3) is 5.01. The smallest absolute Gasteiger partial charge is 0.305 e. The minimum atomic E-state index is -0.274. The third-order valence-electron chi connectivity index (χ3n) is 3.76. The van der Waals surface area contributed by atoms with Gasteiger partial charge >= 0.3 is 11.9 Å². The summed E-state index contributed by atoms with van der Waals surface area (Å²) < 4.78 is 9.17. The summed E-state index contributed by atoms with van der Waals surface area (Å²) in [5, 5.41) is 0. The molecular weight excluding hydrogens is 248 g/mol. The Labute approximate surface area is 113 Å². The highest BCUT2D eigenvalue weighted by atomic mass is 16.5. The van der Waals surface area contributed by atoms with E-state index in [-0.39, 0.29) is 42.4 Å². The van der Waals surface area contributed by atoms with Crippen molar-refractivity contribution in [3.8, 4) is 0 Å². The van der Waals surface area contributed by atoms with E-state index < -0.39 is 0 Å². The monoisotopic (exact) mass is 270 g/mol. The van der Waals surface area contributed by atoms with Crippen molar-refractivity contribution in [1.82, 2.24) is 0 Å². The first kappa shape index (κ1) is 15.7.